The zero-order chi connectivity index (χ0) is 24.8. The van der Waals surface area contributed by atoms with E-state index in [2.05, 4.69) is 0 Å². The molecule has 2 atom stereocenters. The molecule has 2 fully saturated rings. The third-order valence-electron chi connectivity index (χ3n) is 6.59. The minimum Gasteiger partial charge on any atom is -0.493 e. The Morgan fingerprint density at radius 2 is 1.91 bits per heavy atom. The van der Waals surface area contributed by atoms with Gasteiger partial charge < -0.3 is 14.2 Å². The lowest BCUT2D eigenvalue weighted by atomic mass is 9.94. The van der Waals surface area contributed by atoms with Crippen LogP contribution in [0.15, 0.2) is 48.5 Å². The summed E-state index contributed by atoms with van der Waals surface area (Å²) in [4.78, 5) is 37.8. The van der Waals surface area contributed by atoms with Crippen LogP contribution >= 0.6 is 0 Å². The molecule has 2 amide bonds. The summed E-state index contributed by atoms with van der Waals surface area (Å²) in [6.45, 7) is -0.353. The van der Waals surface area contributed by atoms with Gasteiger partial charge in [-0.2, -0.15) is 0 Å². The zero-order valence-corrected chi connectivity index (χ0v) is 19.8. The molecule has 186 valence electrons. The molecular formula is C26H30N2O7. The Bertz CT molecular complexity index is 1050. The van der Waals surface area contributed by atoms with Crippen LogP contribution in [0.25, 0.3) is 0 Å². The van der Waals surface area contributed by atoms with Gasteiger partial charge in [-0.1, -0.05) is 36.4 Å². The minimum atomic E-state index is -0.736. The van der Waals surface area contributed by atoms with Crippen LogP contribution in [0.5, 0.6) is 11.5 Å². The van der Waals surface area contributed by atoms with Gasteiger partial charge in [0.25, 0.3) is 0 Å². The van der Waals surface area contributed by atoms with E-state index in [1.165, 1.54) is 0 Å². The number of carbonyl (C=O) groups is 2. The number of carbonyl (C=O) groups excluding carboxylic acids is 2. The number of rotatable bonds is 10. The SMILES string of the molecule is COc1ccc([C@@H](CC(=O)N2C(=O)OC[C@H]2Cc2ccccc2)C[N+](=O)[O-])cc1OC1CCCC1. The number of hydrogen-bond acceptors (Lipinski definition) is 7. The van der Waals surface area contributed by atoms with Crippen molar-refractivity contribution in [3.05, 3.63) is 69.8 Å². The molecule has 0 spiro atoms. The predicted molar refractivity (Wildman–Crippen MR) is 127 cm³/mol. The van der Waals surface area contributed by atoms with Gasteiger partial charge in [0.05, 0.1) is 25.2 Å². The summed E-state index contributed by atoms with van der Waals surface area (Å²) in [5, 5.41) is 11.5. The average Bonchev–Trinajstić information content (AvgIpc) is 3.48. The number of amides is 2. The molecule has 1 aliphatic carbocycles. The van der Waals surface area contributed by atoms with Gasteiger partial charge in [0.2, 0.25) is 12.5 Å². The van der Waals surface area contributed by atoms with Gasteiger partial charge in [-0.25, -0.2) is 9.69 Å². The molecule has 1 heterocycles. The van der Waals surface area contributed by atoms with Gasteiger partial charge in [-0.15, -0.1) is 0 Å². The fourth-order valence-corrected chi connectivity index (χ4v) is 4.80. The summed E-state index contributed by atoms with van der Waals surface area (Å²) in [5.41, 5.74) is 1.57. The van der Waals surface area contributed by atoms with E-state index in [0.29, 0.717) is 23.5 Å². The molecule has 0 N–H and O–H groups in total. The lowest BCUT2D eigenvalue weighted by Gasteiger charge is -2.23. The molecule has 1 saturated heterocycles. The van der Waals surface area contributed by atoms with E-state index < -0.39 is 35.4 Å². The lowest BCUT2D eigenvalue weighted by Crippen LogP contribution is -2.41. The number of imide groups is 1. The van der Waals surface area contributed by atoms with Crippen molar-refractivity contribution in [3.63, 3.8) is 0 Å². The fraction of sp³-hybridized carbons (Fsp3) is 0.462. The van der Waals surface area contributed by atoms with Gasteiger partial charge in [0.15, 0.2) is 11.5 Å². The molecule has 0 radical (unpaired) electrons. The molecule has 2 aliphatic rings. The second-order valence-corrected chi connectivity index (χ2v) is 9.04. The maximum atomic E-state index is 13.3. The Hall–Kier alpha value is -3.62. The van der Waals surface area contributed by atoms with Crippen LogP contribution in [0.4, 0.5) is 4.79 Å². The van der Waals surface area contributed by atoms with Gasteiger partial charge in [-0.05, 0) is 55.4 Å². The molecule has 2 aromatic carbocycles. The molecule has 4 rings (SSSR count). The van der Waals surface area contributed by atoms with E-state index >= 15 is 0 Å². The Morgan fingerprint density at radius 3 is 2.60 bits per heavy atom. The third kappa shape index (κ3) is 6.09. The topological polar surface area (TPSA) is 108 Å². The Balaban J connectivity index is 1.53. The number of benzene rings is 2. The minimum absolute atomic E-state index is 0.0767. The summed E-state index contributed by atoms with van der Waals surface area (Å²) < 4.78 is 16.7. The Labute approximate surface area is 204 Å². The van der Waals surface area contributed by atoms with E-state index in [9.17, 15) is 19.7 Å². The normalized spacial score (nSPS) is 18.8. The van der Waals surface area contributed by atoms with Crippen molar-refractivity contribution in [1.29, 1.82) is 0 Å². The van der Waals surface area contributed by atoms with Gasteiger partial charge >= 0.3 is 6.09 Å². The van der Waals surface area contributed by atoms with Crippen molar-refractivity contribution in [2.45, 2.75) is 56.6 Å². The zero-order valence-electron chi connectivity index (χ0n) is 19.8. The van der Waals surface area contributed by atoms with Crippen LogP contribution in [0.3, 0.4) is 0 Å². The first-order valence-electron chi connectivity index (χ1n) is 11.9. The number of ether oxygens (including phenoxy) is 3. The highest BCUT2D eigenvalue weighted by Gasteiger charge is 2.39. The first-order chi connectivity index (χ1) is 16.9. The summed E-state index contributed by atoms with van der Waals surface area (Å²) in [6, 6.07) is 14.2. The third-order valence-corrected chi connectivity index (χ3v) is 6.59. The molecule has 2 aromatic rings. The smallest absolute Gasteiger partial charge is 0.416 e. The van der Waals surface area contributed by atoms with Crippen LogP contribution in [-0.4, -0.2) is 54.2 Å². The molecule has 0 bridgehead atoms. The monoisotopic (exact) mass is 482 g/mol. The van der Waals surface area contributed by atoms with E-state index in [4.69, 9.17) is 14.2 Å². The van der Waals surface area contributed by atoms with Crippen molar-refractivity contribution in [1.82, 2.24) is 4.90 Å². The number of methoxy groups -OCH3 is 1. The molecule has 0 aromatic heterocycles. The highest BCUT2D eigenvalue weighted by atomic mass is 16.6. The maximum Gasteiger partial charge on any atom is 0.416 e. The molecule has 0 unspecified atom stereocenters. The van der Waals surface area contributed by atoms with Crippen LogP contribution in [0.2, 0.25) is 0 Å². The van der Waals surface area contributed by atoms with Crippen molar-refractivity contribution in [3.8, 4) is 11.5 Å². The van der Waals surface area contributed by atoms with Crippen molar-refractivity contribution >= 4 is 12.0 Å². The number of nitrogens with zero attached hydrogens (tertiary/aromatic N) is 2. The average molecular weight is 483 g/mol. The highest BCUT2D eigenvalue weighted by molar-refractivity contribution is 5.94. The van der Waals surface area contributed by atoms with Crippen molar-refractivity contribution < 1.29 is 28.7 Å². The number of hydrogen-bond donors (Lipinski definition) is 0. The highest BCUT2D eigenvalue weighted by Crippen LogP contribution is 2.35. The predicted octanol–water partition coefficient (Wildman–Crippen LogP) is 4.36. The van der Waals surface area contributed by atoms with Crippen LogP contribution in [0.1, 0.15) is 49.1 Å². The van der Waals surface area contributed by atoms with Crippen molar-refractivity contribution in [2.75, 3.05) is 20.3 Å². The second-order valence-electron chi connectivity index (χ2n) is 9.04. The summed E-state index contributed by atoms with van der Waals surface area (Å²) in [6.07, 6.45) is 3.72. The molecule has 1 saturated carbocycles. The lowest BCUT2D eigenvalue weighted by molar-refractivity contribution is -0.483. The number of cyclic esters (lactones) is 1. The van der Waals surface area contributed by atoms with Gasteiger partial charge in [-0.3, -0.25) is 14.9 Å². The molecule has 1 aliphatic heterocycles. The van der Waals surface area contributed by atoms with Crippen LogP contribution in [-0.2, 0) is 16.0 Å². The van der Waals surface area contributed by atoms with Crippen molar-refractivity contribution in [2.24, 2.45) is 0 Å². The Kier molecular flexibility index (Phi) is 7.84. The van der Waals surface area contributed by atoms with E-state index in [1.807, 2.05) is 30.3 Å². The Morgan fingerprint density at radius 1 is 1.17 bits per heavy atom. The largest absolute Gasteiger partial charge is 0.493 e. The standard InChI is InChI=1S/C26H30N2O7/c1-33-23-12-11-19(14-24(23)35-22-9-5-6-10-22)20(16-27(31)32)15-25(29)28-21(17-34-26(28)30)13-18-7-3-2-4-8-18/h2-4,7-8,11-12,14,20-22H,5-6,9-10,13,15-17H2,1H3/t20-,21+/m0/s1. The summed E-state index contributed by atoms with van der Waals surface area (Å²) >= 11 is 0. The number of nitro groups is 1. The second kappa shape index (κ2) is 11.2. The van der Waals surface area contributed by atoms with E-state index in [0.717, 1.165) is 36.1 Å². The molecule has 9 nitrogen and oxygen atoms in total. The van der Waals surface area contributed by atoms with E-state index in [1.54, 1.807) is 25.3 Å². The first kappa shape index (κ1) is 24.5. The molecular weight excluding hydrogens is 452 g/mol. The summed E-state index contributed by atoms with van der Waals surface area (Å²) in [7, 11) is 1.54. The maximum absolute atomic E-state index is 13.3. The molecule has 35 heavy (non-hydrogen) atoms. The van der Waals surface area contributed by atoms with Crippen LogP contribution in [0, 0.1) is 10.1 Å². The fourth-order valence-electron chi connectivity index (χ4n) is 4.80. The van der Waals surface area contributed by atoms with E-state index in [-0.39, 0.29) is 19.1 Å². The molecule has 9 heteroatoms. The first-order valence-corrected chi connectivity index (χ1v) is 11.9. The van der Waals surface area contributed by atoms with Crippen LogP contribution < -0.4 is 9.47 Å². The van der Waals surface area contributed by atoms with Gasteiger partial charge in [0, 0.05) is 11.3 Å². The quantitative estimate of drug-likeness (QED) is 0.366. The van der Waals surface area contributed by atoms with Gasteiger partial charge in [0.1, 0.15) is 6.61 Å². The summed E-state index contributed by atoms with van der Waals surface area (Å²) in [5.74, 6) is -0.174.